The second kappa shape index (κ2) is 6.52. The summed E-state index contributed by atoms with van der Waals surface area (Å²) >= 11 is 0. The molecule has 1 aromatic carbocycles. The van der Waals surface area contributed by atoms with Crippen LogP contribution in [0.2, 0.25) is 0 Å². The quantitative estimate of drug-likeness (QED) is 0.591. The third-order valence-electron chi connectivity index (χ3n) is 2.08. The maximum absolute atomic E-state index is 11.3. The van der Waals surface area contributed by atoms with Gasteiger partial charge in [0.25, 0.3) is 0 Å². The van der Waals surface area contributed by atoms with E-state index < -0.39 is 11.9 Å². The molecule has 0 aliphatic heterocycles. The number of carbonyl (C=O) groups excluding carboxylic acids is 2. The summed E-state index contributed by atoms with van der Waals surface area (Å²) in [5.74, 6) is -0.863. The topological polar surface area (TPSA) is 75.6 Å². The molecule has 5 heteroatoms. The summed E-state index contributed by atoms with van der Waals surface area (Å²) in [5.41, 5.74) is 0.602. The van der Waals surface area contributed by atoms with Crippen LogP contribution in [0.4, 0.5) is 0 Å². The molecule has 0 aromatic heterocycles. The van der Waals surface area contributed by atoms with E-state index in [4.69, 9.17) is 0 Å². The van der Waals surface area contributed by atoms with Crippen molar-refractivity contribution in [3.8, 4) is 5.75 Å². The molecule has 0 saturated carbocycles. The summed E-state index contributed by atoms with van der Waals surface area (Å²) in [5, 5.41) is 12.0. The molecule has 1 rings (SSSR count). The van der Waals surface area contributed by atoms with Crippen molar-refractivity contribution in [3.05, 3.63) is 29.8 Å². The van der Waals surface area contributed by atoms with Gasteiger partial charge in [-0.3, -0.25) is 9.59 Å². The number of amides is 1. The Labute approximate surface area is 99.4 Å². The van der Waals surface area contributed by atoms with Gasteiger partial charge in [-0.1, -0.05) is 18.2 Å². The predicted octanol–water partition coefficient (Wildman–Crippen LogP) is 0.962. The van der Waals surface area contributed by atoms with E-state index in [1.54, 1.807) is 25.1 Å². The summed E-state index contributed by atoms with van der Waals surface area (Å²) in [6, 6.07) is 6.68. The second-order valence-electron chi connectivity index (χ2n) is 3.39. The molecule has 0 saturated heterocycles. The van der Waals surface area contributed by atoms with E-state index in [2.05, 4.69) is 10.1 Å². The van der Waals surface area contributed by atoms with E-state index in [1.165, 1.54) is 6.07 Å². The van der Waals surface area contributed by atoms with Crippen molar-refractivity contribution in [2.45, 2.75) is 19.9 Å². The van der Waals surface area contributed by atoms with Crippen molar-refractivity contribution < 1.29 is 19.4 Å². The minimum atomic E-state index is -0.553. The third-order valence-corrected chi connectivity index (χ3v) is 2.08. The average Bonchev–Trinajstić information content (AvgIpc) is 2.28. The molecular weight excluding hydrogens is 222 g/mol. The molecule has 0 bridgehead atoms. The Morgan fingerprint density at radius 1 is 1.35 bits per heavy atom. The standard InChI is InChI=1S/C12H15NO4/c1-2-17-12(16)7-11(15)13-8-9-5-3-4-6-10(9)14/h3-6,14H,2,7-8H2,1H3,(H,13,15). The lowest BCUT2D eigenvalue weighted by molar-refractivity contribution is -0.145. The Morgan fingerprint density at radius 2 is 2.06 bits per heavy atom. The Hall–Kier alpha value is -2.04. The number of hydrogen-bond donors (Lipinski definition) is 2. The molecule has 0 heterocycles. The molecule has 2 N–H and O–H groups in total. The zero-order valence-corrected chi connectivity index (χ0v) is 9.60. The average molecular weight is 237 g/mol. The van der Waals surface area contributed by atoms with Gasteiger partial charge in [-0.2, -0.15) is 0 Å². The normalized spacial score (nSPS) is 9.71. The first-order valence-electron chi connectivity index (χ1n) is 5.32. The smallest absolute Gasteiger partial charge is 0.315 e. The molecule has 0 atom stereocenters. The number of para-hydroxylation sites is 1. The largest absolute Gasteiger partial charge is 0.508 e. The Morgan fingerprint density at radius 3 is 2.71 bits per heavy atom. The molecule has 0 spiro atoms. The number of esters is 1. The maximum Gasteiger partial charge on any atom is 0.315 e. The maximum atomic E-state index is 11.3. The molecular formula is C12H15NO4. The first kappa shape index (κ1) is 13.0. The molecule has 92 valence electrons. The highest BCUT2D eigenvalue weighted by Crippen LogP contribution is 2.14. The highest BCUT2D eigenvalue weighted by atomic mass is 16.5. The predicted molar refractivity (Wildman–Crippen MR) is 61.2 cm³/mol. The van der Waals surface area contributed by atoms with E-state index in [9.17, 15) is 14.7 Å². The van der Waals surface area contributed by atoms with Gasteiger partial charge in [0.15, 0.2) is 0 Å². The van der Waals surface area contributed by atoms with Gasteiger partial charge in [-0.15, -0.1) is 0 Å². The summed E-state index contributed by atoms with van der Waals surface area (Å²) in [6.07, 6.45) is -0.304. The van der Waals surface area contributed by atoms with Crippen molar-refractivity contribution in [1.82, 2.24) is 5.32 Å². The van der Waals surface area contributed by atoms with Crippen molar-refractivity contribution in [3.63, 3.8) is 0 Å². The molecule has 0 aliphatic rings. The van der Waals surface area contributed by atoms with Crippen molar-refractivity contribution in [2.24, 2.45) is 0 Å². The van der Waals surface area contributed by atoms with E-state index in [0.29, 0.717) is 5.56 Å². The molecule has 17 heavy (non-hydrogen) atoms. The highest BCUT2D eigenvalue weighted by molar-refractivity contribution is 5.94. The summed E-state index contributed by atoms with van der Waals surface area (Å²) in [4.78, 5) is 22.3. The lowest BCUT2D eigenvalue weighted by atomic mass is 10.2. The number of hydrogen-bond acceptors (Lipinski definition) is 4. The molecule has 1 aromatic rings. The van der Waals surface area contributed by atoms with Gasteiger partial charge in [0.2, 0.25) is 5.91 Å². The fourth-order valence-corrected chi connectivity index (χ4v) is 1.26. The van der Waals surface area contributed by atoms with Crippen LogP contribution in [0.15, 0.2) is 24.3 Å². The van der Waals surface area contributed by atoms with Crippen LogP contribution in [-0.4, -0.2) is 23.6 Å². The lowest BCUT2D eigenvalue weighted by Gasteiger charge is -2.06. The SMILES string of the molecule is CCOC(=O)CC(=O)NCc1ccccc1O. The van der Waals surface area contributed by atoms with Crippen LogP contribution in [0.3, 0.4) is 0 Å². The number of phenolic OH excluding ortho intramolecular Hbond substituents is 1. The number of ether oxygens (including phenoxy) is 1. The second-order valence-corrected chi connectivity index (χ2v) is 3.39. The van der Waals surface area contributed by atoms with Gasteiger partial charge in [0, 0.05) is 12.1 Å². The van der Waals surface area contributed by atoms with Crippen molar-refractivity contribution in [1.29, 1.82) is 0 Å². The Balaban J connectivity index is 2.38. The van der Waals surface area contributed by atoms with Gasteiger partial charge in [-0.05, 0) is 13.0 Å². The first-order chi connectivity index (χ1) is 8.13. The van der Waals surface area contributed by atoms with Gasteiger partial charge in [0.05, 0.1) is 6.61 Å². The number of benzene rings is 1. The van der Waals surface area contributed by atoms with Gasteiger partial charge < -0.3 is 15.2 Å². The highest BCUT2D eigenvalue weighted by Gasteiger charge is 2.10. The van der Waals surface area contributed by atoms with E-state index >= 15 is 0 Å². The Kier molecular flexibility index (Phi) is 5.00. The zero-order valence-electron chi connectivity index (χ0n) is 9.60. The minimum absolute atomic E-state index is 0.115. The summed E-state index contributed by atoms with van der Waals surface area (Å²) < 4.78 is 4.64. The first-order valence-corrected chi connectivity index (χ1v) is 5.32. The summed E-state index contributed by atoms with van der Waals surface area (Å²) in [7, 11) is 0. The van der Waals surface area contributed by atoms with Crippen molar-refractivity contribution in [2.75, 3.05) is 6.61 Å². The van der Waals surface area contributed by atoms with Crippen LogP contribution in [0.25, 0.3) is 0 Å². The number of rotatable bonds is 5. The number of nitrogens with one attached hydrogen (secondary N) is 1. The van der Waals surface area contributed by atoms with Crippen LogP contribution >= 0.6 is 0 Å². The van der Waals surface area contributed by atoms with Gasteiger partial charge in [0.1, 0.15) is 12.2 Å². The van der Waals surface area contributed by atoms with Crippen LogP contribution in [-0.2, 0) is 20.9 Å². The third kappa shape index (κ3) is 4.55. The summed E-state index contributed by atoms with van der Waals surface area (Å²) in [6.45, 7) is 2.12. The van der Waals surface area contributed by atoms with Gasteiger partial charge >= 0.3 is 5.97 Å². The van der Waals surface area contributed by atoms with Crippen LogP contribution in [0, 0.1) is 0 Å². The fourth-order valence-electron chi connectivity index (χ4n) is 1.26. The van der Waals surface area contributed by atoms with Crippen LogP contribution < -0.4 is 5.32 Å². The molecule has 0 radical (unpaired) electrons. The molecule has 0 unspecified atom stereocenters. The molecule has 0 fully saturated rings. The van der Waals surface area contributed by atoms with Crippen LogP contribution in [0.5, 0.6) is 5.75 Å². The zero-order chi connectivity index (χ0) is 12.7. The monoisotopic (exact) mass is 237 g/mol. The molecule has 5 nitrogen and oxygen atoms in total. The van der Waals surface area contributed by atoms with E-state index in [-0.39, 0.29) is 25.3 Å². The lowest BCUT2D eigenvalue weighted by Crippen LogP contribution is -2.26. The number of phenols is 1. The van der Waals surface area contributed by atoms with E-state index in [0.717, 1.165) is 0 Å². The number of carbonyl (C=O) groups is 2. The fraction of sp³-hybridized carbons (Fsp3) is 0.333. The van der Waals surface area contributed by atoms with Crippen molar-refractivity contribution >= 4 is 11.9 Å². The van der Waals surface area contributed by atoms with Gasteiger partial charge in [-0.25, -0.2) is 0 Å². The van der Waals surface area contributed by atoms with Crippen LogP contribution in [0.1, 0.15) is 18.9 Å². The molecule has 0 aliphatic carbocycles. The van der Waals surface area contributed by atoms with E-state index in [1.807, 2.05) is 0 Å². The molecule has 1 amide bonds. The minimum Gasteiger partial charge on any atom is -0.508 e. The number of aromatic hydroxyl groups is 1. The Bertz CT molecular complexity index is 403.